The molecule has 0 aliphatic heterocycles. The van der Waals surface area contributed by atoms with E-state index in [9.17, 15) is 0 Å². The normalized spacial score (nSPS) is 11.6. The van der Waals surface area contributed by atoms with Crippen LogP contribution in [0.4, 0.5) is 17.1 Å². The Morgan fingerprint density at radius 2 is 1.00 bits per heavy atom. The smallest absolute Gasteiger partial charge is 0.159 e. The molecule has 11 aromatic rings. The van der Waals surface area contributed by atoms with Gasteiger partial charge in [0.05, 0.1) is 11.4 Å². The maximum Gasteiger partial charge on any atom is 0.159 e. The molecule has 0 amide bonds. The molecule has 2 aromatic heterocycles. The van der Waals surface area contributed by atoms with Gasteiger partial charge in [-0.2, -0.15) is 0 Å². The zero-order valence-electron chi connectivity index (χ0n) is 29.8. The van der Waals surface area contributed by atoms with Crippen LogP contribution < -0.4 is 4.90 Å². The highest BCUT2D eigenvalue weighted by Gasteiger charge is 2.24. The molecule has 0 saturated carbocycles. The van der Waals surface area contributed by atoms with Crippen molar-refractivity contribution in [3.05, 3.63) is 200 Å². The summed E-state index contributed by atoms with van der Waals surface area (Å²) in [5.74, 6) is 0. The van der Waals surface area contributed by atoms with Crippen LogP contribution in [0.5, 0.6) is 0 Å². The second-order valence-corrected chi connectivity index (χ2v) is 15.1. The summed E-state index contributed by atoms with van der Waals surface area (Å²) in [6.07, 6.45) is 0. The molecule has 0 radical (unpaired) electrons. The number of para-hydroxylation sites is 2. The highest BCUT2D eigenvalue weighted by atomic mass is 32.1. The quantitative estimate of drug-likeness (QED) is 0.170. The van der Waals surface area contributed by atoms with Crippen molar-refractivity contribution in [2.75, 3.05) is 4.90 Å². The van der Waals surface area contributed by atoms with Crippen molar-refractivity contribution < 1.29 is 4.42 Å². The van der Waals surface area contributed by atoms with Gasteiger partial charge in [0.25, 0.3) is 0 Å². The third kappa shape index (κ3) is 5.24. The number of anilines is 3. The van der Waals surface area contributed by atoms with E-state index in [4.69, 9.17) is 4.42 Å². The van der Waals surface area contributed by atoms with Gasteiger partial charge >= 0.3 is 0 Å². The first-order valence-electron chi connectivity index (χ1n) is 18.7. The molecule has 0 N–H and O–H groups in total. The number of thiophene rings is 1. The van der Waals surface area contributed by atoms with Gasteiger partial charge in [-0.1, -0.05) is 152 Å². The van der Waals surface area contributed by atoms with Gasteiger partial charge in [0.1, 0.15) is 5.58 Å². The average molecular weight is 720 g/mol. The van der Waals surface area contributed by atoms with Crippen molar-refractivity contribution in [3.63, 3.8) is 0 Å². The predicted octanol–water partition coefficient (Wildman–Crippen LogP) is 15.6. The summed E-state index contributed by atoms with van der Waals surface area (Å²) in [5.41, 5.74) is 12.0. The Kier molecular flexibility index (Phi) is 7.39. The Hall–Kier alpha value is -6.94. The van der Waals surface area contributed by atoms with E-state index in [1.54, 1.807) is 0 Å². The van der Waals surface area contributed by atoms with E-state index in [-0.39, 0.29) is 0 Å². The zero-order valence-corrected chi connectivity index (χ0v) is 30.6. The summed E-state index contributed by atoms with van der Waals surface area (Å²) >= 11 is 1.86. The van der Waals surface area contributed by atoms with Gasteiger partial charge in [0.2, 0.25) is 0 Å². The number of rotatable bonds is 6. The van der Waals surface area contributed by atoms with Crippen LogP contribution in [0.3, 0.4) is 0 Å². The first-order valence-corrected chi connectivity index (χ1v) is 19.5. The van der Waals surface area contributed by atoms with Gasteiger partial charge in [-0.25, -0.2) is 0 Å². The summed E-state index contributed by atoms with van der Waals surface area (Å²) in [7, 11) is 0. The molecule has 0 aliphatic rings. The molecule has 3 heteroatoms. The van der Waals surface area contributed by atoms with Crippen molar-refractivity contribution in [3.8, 4) is 33.4 Å². The van der Waals surface area contributed by atoms with E-state index in [1.165, 1.54) is 47.8 Å². The fourth-order valence-corrected chi connectivity index (χ4v) is 9.50. The third-order valence-corrected chi connectivity index (χ3v) is 12.0. The third-order valence-electron chi connectivity index (χ3n) is 10.8. The van der Waals surface area contributed by atoms with Gasteiger partial charge in [0.15, 0.2) is 5.58 Å². The second-order valence-electron chi connectivity index (χ2n) is 14.0. The van der Waals surface area contributed by atoms with E-state index in [0.29, 0.717) is 0 Å². The lowest BCUT2D eigenvalue weighted by Gasteiger charge is -2.28. The van der Waals surface area contributed by atoms with Crippen molar-refractivity contribution in [2.45, 2.75) is 0 Å². The molecule has 2 nitrogen and oxygen atoms in total. The summed E-state index contributed by atoms with van der Waals surface area (Å²) in [6, 6.07) is 72.2. The van der Waals surface area contributed by atoms with Crippen LogP contribution in [0.2, 0.25) is 0 Å². The van der Waals surface area contributed by atoms with Crippen molar-refractivity contribution in [2.24, 2.45) is 0 Å². The Morgan fingerprint density at radius 3 is 1.84 bits per heavy atom. The SMILES string of the molecule is c1ccc(-c2cc(-c3cccc4sc5ccccc5c34)cc(N(c3ccc(-c4ccccc4)c4ccccc34)c3cccc4c3oc3ccccc34)c2)cc1. The monoisotopic (exact) mass is 719 g/mol. The number of hydrogen-bond donors (Lipinski definition) is 0. The molecule has 258 valence electrons. The van der Waals surface area contributed by atoms with Crippen LogP contribution in [0.15, 0.2) is 205 Å². The van der Waals surface area contributed by atoms with Gasteiger partial charge in [0, 0.05) is 42.0 Å². The first kappa shape index (κ1) is 31.6. The largest absolute Gasteiger partial charge is 0.454 e. The molecule has 0 fully saturated rings. The van der Waals surface area contributed by atoms with Crippen molar-refractivity contribution >= 4 is 81.3 Å². The lowest BCUT2D eigenvalue weighted by molar-refractivity contribution is 0.669. The number of nitrogens with zero attached hydrogens (tertiary/aromatic N) is 1. The highest BCUT2D eigenvalue weighted by Crippen LogP contribution is 2.48. The van der Waals surface area contributed by atoms with Crippen LogP contribution in [0.25, 0.3) is 86.3 Å². The molecule has 55 heavy (non-hydrogen) atoms. The van der Waals surface area contributed by atoms with E-state index in [2.05, 4.69) is 199 Å². The van der Waals surface area contributed by atoms with Crippen LogP contribution in [0, 0.1) is 0 Å². The zero-order chi connectivity index (χ0) is 36.3. The van der Waals surface area contributed by atoms with Gasteiger partial charge in [-0.05, 0) is 87.3 Å². The lowest BCUT2D eigenvalue weighted by atomic mass is 9.93. The van der Waals surface area contributed by atoms with E-state index >= 15 is 0 Å². The summed E-state index contributed by atoms with van der Waals surface area (Å²) in [4.78, 5) is 2.42. The number of furan rings is 1. The molecule has 0 saturated heterocycles. The fraction of sp³-hybridized carbons (Fsp3) is 0. The first-order chi connectivity index (χ1) is 27.3. The minimum atomic E-state index is 0.859. The second kappa shape index (κ2) is 12.9. The maximum absolute atomic E-state index is 6.80. The van der Waals surface area contributed by atoms with Crippen molar-refractivity contribution in [1.29, 1.82) is 0 Å². The molecule has 9 aromatic carbocycles. The molecule has 11 rings (SSSR count). The fourth-order valence-electron chi connectivity index (χ4n) is 8.37. The Balaban J connectivity index is 1.24. The van der Waals surface area contributed by atoms with E-state index < -0.39 is 0 Å². The highest BCUT2D eigenvalue weighted by molar-refractivity contribution is 7.25. The molecule has 0 atom stereocenters. The average Bonchev–Trinajstić information content (AvgIpc) is 3.84. The standard InChI is InChI=1S/C52H33NOS/c1-3-15-34(16-4-1)36-31-37(40-23-14-28-50-51(40)45-22-10-12-27-49(45)55-50)33-38(32-36)53(47-25-13-24-44-43-21-9-11-26-48(43)54-52(44)47)46-30-29-39(35-17-5-2-6-18-35)41-19-7-8-20-42(41)46/h1-33H. The summed E-state index contributed by atoms with van der Waals surface area (Å²) in [6.45, 7) is 0. The van der Waals surface area contributed by atoms with Crippen molar-refractivity contribution in [1.82, 2.24) is 0 Å². The Morgan fingerprint density at radius 1 is 0.364 bits per heavy atom. The molecule has 0 bridgehead atoms. The van der Waals surface area contributed by atoms with Crippen LogP contribution in [-0.4, -0.2) is 0 Å². The molecule has 2 heterocycles. The minimum absolute atomic E-state index is 0.859. The van der Waals surface area contributed by atoms with Crippen LogP contribution in [0.1, 0.15) is 0 Å². The van der Waals surface area contributed by atoms with E-state index in [0.717, 1.165) is 55.5 Å². The summed E-state index contributed by atoms with van der Waals surface area (Å²) < 4.78 is 9.38. The topological polar surface area (TPSA) is 16.4 Å². The molecule has 0 aliphatic carbocycles. The van der Waals surface area contributed by atoms with Crippen LogP contribution in [-0.2, 0) is 0 Å². The van der Waals surface area contributed by atoms with E-state index in [1.807, 2.05) is 17.4 Å². The Labute approximate surface area is 322 Å². The van der Waals surface area contributed by atoms with Gasteiger partial charge in [-0.3, -0.25) is 0 Å². The van der Waals surface area contributed by atoms with Gasteiger partial charge < -0.3 is 9.32 Å². The Bertz CT molecular complexity index is 3210. The van der Waals surface area contributed by atoms with Gasteiger partial charge in [-0.15, -0.1) is 11.3 Å². The predicted molar refractivity (Wildman–Crippen MR) is 235 cm³/mol. The lowest BCUT2D eigenvalue weighted by Crippen LogP contribution is -2.11. The maximum atomic E-state index is 6.80. The minimum Gasteiger partial charge on any atom is -0.454 e. The molecule has 0 unspecified atom stereocenters. The number of fused-ring (bicyclic) bond motifs is 7. The summed E-state index contributed by atoms with van der Waals surface area (Å²) in [5, 5.41) is 7.14. The molecular formula is C52H33NOS. The molecular weight excluding hydrogens is 687 g/mol. The number of hydrogen-bond acceptors (Lipinski definition) is 3. The van der Waals surface area contributed by atoms with Crippen LogP contribution >= 0.6 is 11.3 Å². The molecule has 0 spiro atoms. The number of benzene rings is 9.